The van der Waals surface area contributed by atoms with Crippen LogP contribution in [0.15, 0.2) is 77.7 Å². The second-order valence-corrected chi connectivity index (χ2v) is 13.5. The highest BCUT2D eigenvalue weighted by Crippen LogP contribution is 2.31. The number of carbonyl (C=O) groups is 3. The standard InChI is InChI=1S/C32H33Cl2N3O5S/c33-26-15-9-16-27(34)25(26)21-36(30(38)18-19-37-32(40)24-14-7-8-17-29(24)43(37,41)42)28(20-22-10-3-1-4-11-22)31(39)35-23-12-5-2-6-13-23/h1,3-4,7-11,14-17,23,28H,2,5-6,12-13,18-21H2,(H,35,39)/t28-/m1/s1. The second kappa shape index (κ2) is 13.5. The van der Waals surface area contributed by atoms with E-state index >= 15 is 0 Å². The van der Waals surface area contributed by atoms with Crippen LogP contribution < -0.4 is 5.32 Å². The molecule has 226 valence electrons. The van der Waals surface area contributed by atoms with Crippen LogP contribution in [-0.4, -0.2) is 54.0 Å². The van der Waals surface area contributed by atoms with Crippen molar-refractivity contribution in [3.8, 4) is 0 Å². The molecular formula is C32H33Cl2N3O5S. The Morgan fingerprint density at radius 1 is 0.907 bits per heavy atom. The Bertz CT molecular complexity index is 1590. The minimum absolute atomic E-state index is 0.00578. The fourth-order valence-electron chi connectivity index (χ4n) is 5.75. The van der Waals surface area contributed by atoms with E-state index in [1.165, 1.54) is 17.0 Å². The van der Waals surface area contributed by atoms with Gasteiger partial charge in [-0.1, -0.05) is 91.0 Å². The first-order chi connectivity index (χ1) is 20.7. The summed E-state index contributed by atoms with van der Waals surface area (Å²) < 4.78 is 27.0. The van der Waals surface area contributed by atoms with E-state index < -0.39 is 27.9 Å². The van der Waals surface area contributed by atoms with Crippen LogP contribution in [0.1, 0.15) is 60.0 Å². The predicted octanol–water partition coefficient (Wildman–Crippen LogP) is 5.62. The molecule has 1 fully saturated rings. The summed E-state index contributed by atoms with van der Waals surface area (Å²) in [7, 11) is -4.10. The highest BCUT2D eigenvalue weighted by atomic mass is 35.5. The fraction of sp³-hybridized carbons (Fsp3) is 0.344. The summed E-state index contributed by atoms with van der Waals surface area (Å²) in [5, 5.41) is 3.83. The van der Waals surface area contributed by atoms with Crippen LogP contribution in [-0.2, 0) is 32.6 Å². The minimum Gasteiger partial charge on any atom is -0.352 e. The van der Waals surface area contributed by atoms with Gasteiger partial charge in [0.1, 0.15) is 10.9 Å². The molecule has 1 aliphatic heterocycles. The van der Waals surface area contributed by atoms with Gasteiger partial charge >= 0.3 is 0 Å². The van der Waals surface area contributed by atoms with Gasteiger partial charge in [-0.2, -0.15) is 0 Å². The molecule has 2 aliphatic rings. The number of rotatable bonds is 10. The van der Waals surface area contributed by atoms with Gasteiger partial charge in [0, 0.05) is 47.6 Å². The van der Waals surface area contributed by atoms with Gasteiger partial charge in [-0.25, -0.2) is 12.7 Å². The van der Waals surface area contributed by atoms with E-state index in [-0.39, 0.29) is 48.3 Å². The van der Waals surface area contributed by atoms with Crippen LogP contribution in [0.25, 0.3) is 0 Å². The number of halogens is 2. The number of nitrogens with zero attached hydrogens (tertiary/aromatic N) is 2. The van der Waals surface area contributed by atoms with E-state index in [1.54, 1.807) is 30.3 Å². The van der Waals surface area contributed by atoms with Gasteiger partial charge in [0.05, 0.1) is 5.56 Å². The normalized spacial score (nSPS) is 16.9. The lowest BCUT2D eigenvalue weighted by Gasteiger charge is -2.34. The van der Waals surface area contributed by atoms with Gasteiger partial charge < -0.3 is 10.2 Å². The first-order valence-electron chi connectivity index (χ1n) is 14.4. The van der Waals surface area contributed by atoms with Gasteiger partial charge in [0.15, 0.2) is 0 Å². The number of hydrogen-bond donors (Lipinski definition) is 1. The average Bonchev–Trinajstić information content (AvgIpc) is 3.20. The molecule has 0 unspecified atom stereocenters. The van der Waals surface area contributed by atoms with Crippen molar-refractivity contribution in [2.75, 3.05) is 6.54 Å². The smallest absolute Gasteiger partial charge is 0.269 e. The molecule has 1 heterocycles. The fourth-order valence-corrected chi connectivity index (χ4v) is 7.83. The molecule has 3 aromatic carbocycles. The van der Waals surface area contributed by atoms with E-state index in [2.05, 4.69) is 5.32 Å². The monoisotopic (exact) mass is 641 g/mol. The maximum atomic E-state index is 14.1. The van der Waals surface area contributed by atoms with Crippen molar-refractivity contribution in [3.05, 3.63) is 99.5 Å². The van der Waals surface area contributed by atoms with E-state index in [9.17, 15) is 22.8 Å². The molecule has 0 aromatic heterocycles. The number of hydrogen-bond acceptors (Lipinski definition) is 5. The van der Waals surface area contributed by atoms with Gasteiger partial charge in [-0.15, -0.1) is 0 Å². The van der Waals surface area contributed by atoms with Crippen LogP contribution in [0.4, 0.5) is 0 Å². The number of amides is 3. The molecule has 0 spiro atoms. The molecule has 1 atom stereocenters. The third-order valence-electron chi connectivity index (χ3n) is 8.05. The molecule has 43 heavy (non-hydrogen) atoms. The molecule has 0 radical (unpaired) electrons. The minimum atomic E-state index is -4.10. The molecule has 1 aliphatic carbocycles. The third kappa shape index (κ3) is 6.89. The van der Waals surface area contributed by atoms with Crippen LogP contribution in [0, 0.1) is 0 Å². The SMILES string of the molecule is O=C(NC1CCCCC1)[C@@H](Cc1ccccc1)N(Cc1c(Cl)cccc1Cl)C(=O)CCN1C(=O)c2ccccc2S1(=O)=O. The lowest BCUT2D eigenvalue weighted by Crippen LogP contribution is -2.53. The lowest BCUT2D eigenvalue weighted by atomic mass is 9.94. The summed E-state index contributed by atoms with van der Waals surface area (Å²) in [6.45, 7) is -0.447. The van der Waals surface area contributed by atoms with Crippen molar-refractivity contribution < 1.29 is 22.8 Å². The molecule has 3 amide bonds. The van der Waals surface area contributed by atoms with Crippen LogP contribution in [0.3, 0.4) is 0 Å². The quantitative estimate of drug-likeness (QED) is 0.310. The number of carbonyl (C=O) groups excluding carboxylic acids is 3. The Hall–Kier alpha value is -3.40. The maximum Gasteiger partial charge on any atom is 0.269 e. The first-order valence-corrected chi connectivity index (χ1v) is 16.6. The number of nitrogens with one attached hydrogen (secondary N) is 1. The molecule has 0 bridgehead atoms. The Morgan fingerprint density at radius 3 is 2.23 bits per heavy atom. The van der Waals surface area contributed by atoms with E-state index in [0.717, 1.165) is 42.0 Å². The van der Waals surface area contributed by atoms with E-state index in [4.69, 9.17) is 23.2 Å². The molecule has 0 saturated heterocycles. The maximum absolute atomic E-state index is 14.1. The summed E-state index contributed by atoms with van der Waals surface area (Å²) in [5.74, 6) is -1.49. The Morgan fingerprint density at radius 2 is 1.56 bits per heavy atom. The molecule has 1 saturated carbocycles. The van der Waals surface area contributed by atoms with Crippen LogP contribution >= 0.6 is 23.2 Å². The molecule has 3 aromatic rings. The zero-order chi connectivity index (χ0) is 30.6. The number of sulfonamides is 1. The number of fused-ring (bicyclic) bond motifs is 1. The van der Waals surface area contributed by atoms with Gasteiger partial charge in [0.25, 0.3) is 15.9 Å². The Labute approximate surface area is 262 Å². The van der Waals surface area contributed by atoms with Crippen LogP contribution in [0.5, 0.6) is 0 Å². The largest absolute Gasteiger partial charge is 0.352 e. The van der Waals surface area contributed by atoms with Crippen molar-refractivity contribution in [2.45, 2.75) is 68.5 Å². The van der Waals surface area contributed by atoms with Crippen molar-refractivity contribution in [1.29, 1.82) is 0 Å². The number of benzene rings is 3. The van der Waals surface area contributed by atoms with Crippen LogP contribution in [0.2, 0.25) is 10.0 Å². The molecular weight excluding hydrogens is 609 g/mol. The zero-order valence-electron chi connectivity index (χ0n) is 23.5. The molecule has 1 N–H and O–H groups in total. The van der Waals surface area contributed by atoms with Crippen molar-refractivity contribution in [1.82, 2.24) is 14.5 Å². The topological polar surface area (TPSA) is 104 Å². The lowest BCUT2D eigenvalue weighted by molar-refractivity contribution is -0.141. The van der Waals surface area contributed by atoms with Crippen molar-refractivity contribution >= 4 is 50.9 Å². The molecule has 5 rings (SSSR count). The van der Waals surface area contributed by atoms with E-state index in [1.807, 2.05) is 30.3 Å². The second-order valence-electron chi connectivity index (χ2n) is 10.9. The van der Waals surface area contributed by atoms with Gasteiger partial charge in [-0.05, 0) is 42.7 Å². The average molecular weight is 643 g/mol. The zero-order valence-corrected chi connectivity index (χ0v) is 25.9. The highest BCUT2D eigenvalue weighted by Gasteiger charge is 2.41. The summed E-state index contributed by atoms with van der Waals surface area (Å²) >= 11 is 13.0. The van der Waals surface area contributed by atoms with Crippen molar-refractivity contribution in [2.24, 2.45) is 0 Å². The first kappa shape index (κ1) is 31.0. The molecule has 11 heteroatoms. The van der Waals surface area contributed by atoms with Crippen molar-refractivity contribution in [3.63, 3.8) is 0 Å². The Kier molecular flexibility index (Phi) is 9.74. The van der Waals surface area contributed by atoms with E-state index in [0.29, 0.717) is 15.6 Å². The summed E-state index contributed by atoms with van der Waals surface area (Å²) in [6.07, 6.45) is 4.78. The summed E-state index contributed by atoms with van der Waals surface area (Å²) in [5.41, 5.74) is 1.39. The van der Waals surface area contributed by atoms with Gasteiger partial charge in [-0.3, -0.25) is 14.4 Å². The molecule has 8 nitrogen and oxygen atoms in total. The third-order valence-corrected chi connectivity index (χ3v) is 10.6. The highest BCUT2D eigenvalue weighted by molar-refractivity contribution is 7.90. The Balaban J connectivity index is 1.46. The summed E-state index contributed by atoms with van der Waals surface area (Å²) in [6, 6.07) is 19.4. The predicted molar refractivity (Wildman–Crippen MR) is 165 cm³/mol. The summed E-state index contributed by atoms with van der Waals surface area (Å²) in [4.78, 5) is 42.4. The van der Waals surface area contributed by atoms with Gasteiger partial charge in [0.2, 0.25) is 11.8 Å².